The van der Waals surface area contributed by atoms with Gasteiger partial charge in [0.05, 0.1) is 28.2 Å². The fourth-order valence-corrected chi connectivity index (χ4v) is 7.94. The lowest BCUT2D eigenvalue weighted by molar-refractivity contribution is -0.139. The van der Waals surface area contributed by atoms with Crippen LogP contribution in [0.15, 0.2) is 63.5 Å². The number of carboxylic acid groups (broad SMARTS) is 2. The van der Waals surface area contributed by atoms with Gasteiger partial charge in [0.2, 0.25) is 23.0 Å². The standard InChI is InChI=1S/C33H30ClN9O14S3/c34-31-41-32(43-33(42-31)58-12-19(29(49)37-11-23(45)46)39-22(44)8-6-16(35)30(50)51)40-17-7-5-13(9-20(17)59(52,53)54)38-18-10-21(60(55,56)57)26(36)25-24(18)27(47)14-3-1-2-4-15(14)28(25)48/h1-5,7,9-10,16,19,38H,6,8,11-12,35-36H2,(H,37,49)(H,39,44)(H,45,46)(H,50,51)(H,52,53,54)(H,55,56,57)(H,40,41,42,43)/t16-,19-/m0/s1. The number of amides is 2. The van der Waals surface area contributed by atoms with Gasteiger partial charge in [-0.05, 0) is 42.3 Å². The molecule has 0 spiro atoms. The predicted octanol–water partition coefficient (Wildman–Crippen LogP) is 0.833. The fraction of sp³-hybridized carbons (Fsp3) is 0.182. The molecule has 1 aromatic heterocycles. The van der Waals surface area contributed by atoms with Crippen LogP contribution >= 0.6 is 23.4 Å². The van der Waals surface area contributed by atoms with Crippen molar-refractivity contribution in [2.75, 3.05) is 28.7 Å². The Bertz CT molecular complexity index is 2700. The number of hydrogen-bond acceptors (Lipinski definition) is 18. The Balaban J connectivity index is 1.44. The van der Waals surface area contributed by atoms with Gasteiger partial charge in [0.1, 0.15) is 28.4 Å². The summed E-state index contributed by atoms with van der Waals surface area (Å²) in [6, 6.07) is 6.72. The SMILES string of the molecule is Nc1c(S(=O)(=O)O)cc(Nc2ccc(Nc3nc(Cl)nc(SC[C@H](NC(=O)CC[C@H](N)C(=O)O)C(=O)NCC(=O)O)n3)c(S(=O)(=O)O)c2)c2c1C(=O)c1ccccc1C2=O. The average Bonchev–Trinajstić information content (AvgIpc) is 3.16. The molecule has 1 aliphatic rings. The minimum atomic E-state index is -5.13. The number of nitrogens with one attached hydrogen (secondary N) is 4. The number of nitrogen functional groups attached to an aromatic ring is 1. The summed E-state index contributed by atoms with van der Waals surface area (Å²) in [5, 5.41) is 26.9. The first-order valence-corrected chi connectivity index (χ1v) is 20.9. The smallest absolute Gasteiger partial charge is 0.322 e. The van der Waals surface area contributed by atoms with Crippen molar-refractivity contribution in [2.24, 2.45) is 5.73 Å². The molecule has 60 heavy (non-hydrogen) atoms. The zero-order valence-corrected chi connectivity index (χ0v) is 33.3. The quantitative estimate of drug-likeness (QED) is 0.0351. The number of fused-ring (bicyclic) bond motifs is 2. The minimum Gasteiger partial charge on any atom is -0.480 e. The first-order valence-electron chi connectivity index (χ1n) is 16.6. The Kier molecular flexibility index (Phi) is 13.4. The predicted molar refractivity (Wildman–Crippen MR) is 210 cm³/mol. The van der Waals surface area contributed by atoms with Crippen LogP contribution in [-0.2, 0) is 39.4 Å². The van der Waals surface area contributed by atoms with Crippen LogP contribution < -0.4 is 32.7 Å². The van der Waals surface area contributed by atoms with Crippen molar-refractivity contribution in [3.8, 4) is 0 Å². The number of nitrogens with two attached hydrogens (primary N) is 2. The summed E-state index contributed by atoms with van der Waals surface area (Å²) < 4.78 is 70.1. The number of anilines is 5. The van der Waals surface area contributed by atoms with Gasteiger partial charge in [0, 0.05) is 29.0 Å². The van der Waals surface area contributed by atoms with Crippen LogP contribution in [0.25, 0.3) is 0 Å². The second-order valence-electron chi connectivity index (χ2n) is 12.4. The molecule has 0 bridgehead atoms. The van der Waals surface area contributed by atoms with E-state index < -0.39 is 118 Å². The molecule has 0 saturated carbocycles. The maximum absolute atomic E-state index is 13.7. The van der Waals surface area contributed by atoms with E-state index in [9.17, 15) is 54.7 Å². The lowest BCUT2D eigenvalue weighted by Gasteiger charge is -2.24. The molecule has 27 heteroatoms. The minimum absolute atomic E-state index is 0.0521. The Morgan fingerprint density at radius 1 is 0.833 bits per heavy atom. The Labute approximate surface area is 347 Å². The zero-order valence-electron chi connectivity index (χ0n) is 30.1. The van der Waals surface area contributed by atoms with Crippen LogP contribution in [0.3, 0.4) is 0 Å². The largest absolute Gasteiger partial charge is 0.480 e. The molecule has 4 aromatic rings. The third-order valence-corrected chi connectivity index (χ3v) is 11.2. The van der Waals surface area contributed by atoms with Gasteiger partial charge in [-0.2, -0.15) is 31.8 Å². The van der Waals surface area contributed by atoms with Gasteiger partial charge < -0.3 is 42.9 Å². The molecule has 5 rings (SSSR count). The van der Waals surface area contributed by atoms with Crippen molar-refractivity contribution in [3.05, 3.63) is 76.1 Å². The molecule has 0 aliphatic heterocycles. The number of aromatic nitrogens is 3. The van der Waals surface area contributed by atoms with Crippen molar-refractivity contribution in [1.29, 1.82) is 0 Å². The molecule has 0 fully saturated rings. The molecule has 2 atom stereocenters. The summed E-state index contributed by atoms with van der Waals surface area (Å²) >= 11 is 6.78. The van der Waals surface area contributed by atoms with E-state index in [4.69, 9.17) is 33.3 Å². The number of halogens is 1. The molecule has 0 saturated heterocycles. The maximum Gasteiger partial charge on any atom is 0.322 e. The molecule has 0 unspecified atom stereocenters. The van der Waals surface area contributed by atoms with E-state index in [0.717, 1.165) is 18.2 Å². The van der Waals surface area contributed by atoms with Crippen LogP contribution in [-0.4, -0.2) is 111 Å². The zero-order chi connectivity index (χ0) is 44.3. The molecular weight excluding hydrogens is 878 g/mol. The normalized spacial score (nSPS) is 13.3. The molecule has 1 heterocycles. The van der Waals surface area contributed by atoms with Crippen molar-refractivity contribution in [1.82, 2.24) is 25.6 Å². The van der Waals surface area contributed by atoms with Crippen LogP contribution in [0.1, 0.15) is 44.7 Å². The van der Waals surface area contributed by atoms with Crippen molar-refractivity contribution in [3.63, 3.8) is 0 Å². The summed E-state index contributed by atoms with van der Waals surface area (Å²) in [5.74, 6) is -6.87. The molecule has 3 aromatic carbocycles. The topological polar surface area (TPSA) is 390 Å². The van der Waals surface area contributed by atoms with E-state index in [2.05, 4.69) is 36.2 Å². The lowest BCUT2D eigenvalue weighted by atomic mass is 9.82. The number of ketones is 2. The van der Waals surface area contributed by atoms with Gasteiger partial charge in [-0.15, -0.1) is 0 Å². The lowest BCUT2D eigenvalue weighted by Crippen LogP contribution is -2.49. The van der Waals surface area contributed by atoms with E-state index in [0.29, 0.717) is 11.8 Å². The molecule has 2 amide bonds. The third kappa shape index (κ3) is 10.5. The van der Waals surface area contributed by atoms with E-state index >= 15 is 0 Å². The summed E-state index contributed by atoms with van der Waals surface area (Å²) in [6.07, 6.45) is -0.691. The second kappa shape index (κ2) is 17.9. The van der Waals surface area contributed by atoms with E-state index in [1.54, 1.807) is 0 Å². The monoisotopic (exact) mass is 907 g/mol. The Morgan fingerprint density at radius 2 is 1.47 bits per heavy atom. The number of carbonyl (C=O) groups excluding carboxylic acids is 4. The highest BCUT2D eigenvalue weighted by Crippen LogP contribution is 2.40. The number of aliphatic carboxylic acids is 2. The van der Waals surface area contributed by atoms with Crippen molar-refractivity contribution in [2.45, 2.75) is 39.9 Å². The van der Waals surface area contributed by atoms with Gasteiger partial charge in [-0.25, -0.2) is 0 Å². The molecule has 316 valence electrons. The molecule has 23 nitrogen and oxygen atoms in total. The number of rotatable bonds is 17. The number of thioether (sulfide) groups is 1. The highest BCUT2D eigenvalue weighted by atomic mass is 35.5. The first kappa shape index (κ1) is 44.8. The van der Waals surface area contributed by atoms with E-state index in [1.807, 2.05) is 0 Å². The maximum atomic E-state index is 13.7. The average molecular weight is 908 g/mol. The second-order valence-corrected chi connectivity index (χ2v) is 16.5. The first-order chi connectivity index (χ1) is 28.0. The Hall–Kier alpha value is -6.29. The summed E-state index contributed by atoms with van der Waals surface area (Å²) in [4.78, 5) is 84.6. The molecule has 0 radical (unpaired) electrons. The van der Waals surface area contributed by atoms with Crippen LogP contribution in [0.4, 0.5) is 28.7 Å². The molecular formula is C33H30ClN9O14S3. The summed E-state index contributed by atoms with van der Waals surface area (Å²) in [7, 11) is -10.2. The van der Waals surface area contributed by atoms with Crippen LogP contribution in [0.5, 0.6) is 0 Å². The van der Waals surface area contributed by atoms with Crippen molar-refractivity contribution < 1.29 is 64.9 Å². The number of carbonyl (C=O) groups is 6. The fourth-order valence-electron chi connectivity index (χ4n) is 5.55. The van der Waals surface area contributed by atoms with E-state index in [1.165, 1.54) is 30.3 Å². The van der Waals surface area contributed by atoms with Gasteiger partial charge in [-0.3, -0.25) is 37.9 Å². The van der Waals surface area contributed by atoms with Gasteiger partial charge in [0.15, 0.2) is 16.7 Å². The van der Waals surface area contributed by atoms with Gasteiger partial charge >= 0.3 is 11.9 Å². The number of hydrogen-bond donors (Lipinski definition) is 10. The number of nitrogens with zero attached hydrogens (tertiary/aromatic N) is 3. The third-order valence-electron chi connectivity index (χ3n) is 8.29. The van der Waals surface area contributed by atoms with Gasteiger partial charge in [0.25, 0.3) is 20.2 Å². The van der Waals surface area contributed by atoms with Gasteiger partial charge in [-0.1, -0.05) is 36.0 Å². The molecule has 12 N–H and O–H groups in total. The summed E-state index contributed by atoms with van der Waals surface area (Å²) in [6.45, 7) is -0.810. The Morgan fingerprint density at radius 3 is 2.07 bits per heavy atom. The van der Waals surface area contributed by atoms with E-state index in [-0.39, 0.29) is 45.5 Å². The molecule has 1 aliphatic carbocycles. The number of carboxylic acids is 2. The van der Waals surface area contributed by atoms with Crippen LogP contribution in [0.2, 0.25) is 5.28 Å². The van der Waals surface area contributed by atoms with Crippen LogP contribution in [0, 0.1) is 0 Å². The summed E-state index contributed by atoms with van der Waals surface area (Å²) in [5.41, 5.74) is 8.68. The van der Waals surface area contributed by atoms with Crippen molar-refractivity contribution >= 4 is 108 Å². The highest BCUT2D eigenvalue weighted by molar-refractivity contribution is 7.99. The highest BCUT2D eigenvalue weighted by Gasteiger charge is 2.37. The number of benzene rings is 3.